The Morgan fingerprint density at radius 3 is 2.37 bits per heavy atom. The molecule has 1 aromatic heterocycles. The number of carbonyl (C=O) groups excluding carboxylic acids is 3. The maximum absolute atomic E-state index is 12.3. The van der Waals surface area contributed by atoms with E-state index in [1.165, 1.54) is 26.4 Å². The first-order chi connectivity index (χ1) is 12.6. The van der Waals surface area contributed by atoms with E-state index in [0.29, 0.717) is 5.69 Å². The van der Waals surface area contributed by atoms with Crippen molar-refractivity contribution in [2.24, 2.45) is 5.73 Å². The Balaban J connectivity index is 2.68. The number of aliphatic hydroxyl groups is 1. The number of nitrogens with zero attached hydrogens (tertiary/aromatic N) is 1. The van der Waals surface area contributed by atoms with Gasteiger partial charge in [0.05, 0.1) is 25.0 Å². The number of hydrogen-bond acceptors (Lipinski definition) is 7. The minimum absolute atomic E-state index is 0.0635. The van der Waals surface area contributed by atoms with Crippen molar-refractivity contribution >= 4 is 23.7 Å². The number of nitrogens with two attached hydrogens (primary N) is 1. The van der Waals surface area contributed by atoms with Gasteiger partial charge in [-0.2, -0.15) is 0 Å². The normalized spacial score (nSPS) is 15.1. The van der Waals surface area contributed by atoms with Crippen LogP contribution in [0, 0.1) is 0 Å². The molecule has 0 bridgehead atoms. The molecule has 12 nitrogen and oxygen atoms in total. The van der Waals surface area contributed by atoms with Crippen LogP contribution in [0.2, 0.25) is 0 Å². The monoisotopic (exact) mass is 384 g/mol. The highest BCUT2D eigenvalue weighted by atomic mass is 16.4. The molecule has 0 spiro atoms. The third kappa shape index (κ3) is 7.42. The number of aliphatic hydroxyl groups excluding tert-OH is 1. The fourth-order valence-corrected chi connectivity index (χ4v) is 2.04. The van der Waals surface area contributed by atoms with Crippen molar-refractivity contribution in [3.8, 4) is 0 Å². The largest absolute Gasteiger partial charge is 0.480 e. The van der Waals surface area contributed by atoms with E-state index in [1.54, 1.807) is 0 Å². The summed E-state index contributed by atoms with van der Waals surface area (Å²) in [4.78, 5) is 53.4. The lowest BCUT2D eigenvalue weighted by Gasteiger charge is -2.23. The summed E-state index contributed by atoms with van der Waals surface area (Å²) in [6.45, 7) is 2.24. The molecule has 4 unspecified atom stereocenters. The van der Waals surface area contributed by atoms with Crippen molar-refractivity contribution in [1.82, 2.24) is 25.9 Å². The second-order valence-electron chi connectivity index (χ2n) is 5.97. The highest BCUT2D eigenvalue weighted by molar-refractivity contribution is 5.92. The van der Waals surface area contributed by atoms with Crippen LogP contribution in [0.5, 0.6) is 0 Å². The van der Waals surface area contributed by atoms with E-state index >= 15 is 0 Å². The van der Waals surface area contributed by atoms with Crippen molar-refractivity contribution in [3.63, 3.8) is 0 Å². The summed E-state index contributed by atoms with van der Waals surface area (Å²) < 4.78 is 0. The number of aromatic nitrogens is 2. The summed E-state index contributed by atoms with van der Waals surface area (Å²) in [7, 11) is 0. The average Bonchev–Trinajstić information content (AvgIpc) is 3.09. The summed E-state index contributed by atoms with van der Waals surface area (Å²) >= 11 is 0. The Morgan fingerprint density at radius 2 is 1.89 bits per heavy atom. The van der Waals surface area contributed by atoms with Gasteiger partial charge in [-0.3, -0.25) is 14.4 Å². The van der Waals surface area contributed by atoms with Crippen molar-refractivity contribution in [1.29, 1.82) is 0 Å². The molecule has 0 saturated carbocycles. The minimum Gasteiger partial charge on any atom is -0.480 e. The summed E-state index contributed by atoms with van der Waals surface area (Å²) in [5.41, 5.74) is 5.83. The van der Waals surface area contributed by atoms with Gasteiger partial charge < -0.3 is 36.9 Å². The first-order valence-electron chi connectivity index (χ1n) is 8.13. The third-order valence-corrected chi connectivity index (χ3v) is 3.51. The molecule has 0 fully saturated rings. The molecule has 0 aliphatic heterocycles. The van der Waals surface area contributed by atoms with Gasteiger partial charge in [-0.05, 0) is 13.8 Å². The molecule has 8 N–H and O–H groups in total. The van der Waals surface area contributed by atoms with E-state index in [2.05, 4.69) is 25.9 Å². The Hall–Kier alpha value is -2.99. The number of rotatable bonds is 10. The Labute approximate surface area is 154 Å². The minimum atomic E-state index is -1.41. The lowest BCUT2D eigenvalue weighted by molar-refractivity contribution is -0.143. The SMILES string of the molecule is CC(N)C(=O)NCC(=O)NC(C(=O)NC(Cc1cnc[nH]1)C(=O)O)C(C)O. The van der Waals surface area contributed by atoms with E-state index in [4.69, 9.17) is 5.73 Å². The van der Waals surface area contributed by atoms with Gasteiger partial charge in [0.1, 0.15) is 12.1 Å². The molecule has 0 aliphatic rings. The fourth-order valence-electron chi connectivity index (χ4n) is 2.04. The number of carboxylic acid groups (broad SMARTS) is 1. The zero-order valence-electron chi connectivity index (χ0n) is 14.9. The van der Waals surface area contributed by atoms with Gasteiger partial charge in [0, 0.05) is 18.3 Å². The molecule has 0 aromatic carbocycles. The first-order valence-corrected chi connectivity index (χ1v) is 8.13. The molecule has 12 heteroatoms. The molecule has 27 heavy (non-hydrogen) atoms. The van der Waals surface area contributed by atoms with E-state index in [0.717, 1.165) is 0 Å². The van der Waals surface area contributed by atoms with Crippen LogP contribution in [0.3, 0.4) is 0 Å². The molecule has 0 radical (unpaired) electrons. The lowest BCUT2D eigenvalue weighted by atomic mass is 10.1. The number of hydrogen-bond donors (Lipinski definition) is 7. The Bertz CT molecular complexity index is 660. The number of imidazole rings is 1. The highest BCUT2D eigenvalue weighted by Crippen LogP contribution is 2.01. The molecular weight excluding hydrogens is 360 g/mol. The van der Waals surface area contributed by atoms with Gasteiger partial charge in [-0.15, -0.1) is 0 Å². The predicted octanol–water partition coefficient (Wildman–Crippen LogP) is -3.15. The molecule has 3 amide bonds. The fraction of sp³-hybridized carbons (Fsp3) is 0.533. The van der Waals surface area contributed by atoms with E-state index in [-0.39, 0.29) is 6.42 Å². The summed E-state index contributed by atoms with van der Waals surface area (Å²) in [6.07, 6.45) is 1.41. The molecular formula is C15H24N6O6. The van der Waals surface area contributed by atoms with Crippen LogP contribution in [0.25, 0.3) is 0 Å². The van der Waals surface area contributed by atoms with Crippen molar-refractivity contribution in [2.75, 3.05) is 6.54 Å². The topological polar surface area (TPSA) is 200 Å². The molecule has 0 saturated heterocycles. The van der Waals surface area contributed by atoms with Crippen LogP contribution in [0.15, 0.2) is 12.5 Å². The molecule has 1 heterocycles. The standard InChI is InChI=1S/C15H24N6O6/c1-7(16)13(24)18-5-11(23)21-12(8(2)22)14(25)20-10(15(26)27)3-9-4-17-6-19-9/h4,6-8,10,12,22H,3,5,16H2,1-2H3,(H,17,19)(H,18,24)(H,20,25)(H,21,23)(H,26,27). The van der Waals surface area contributed by atoms with Crippen molar-refractivity contribution in [3.05, 3.63) is 18.2 Å². The number of H-pyrrole nitrogens is 1. The second-order valence-corrected chi connectivity index (χ2v) is 5.97. The van der Waals surface area contributed by atoms with Gasteiger partial charge in [0.25, 0.3) is 0 Å². The zero-order valence-corrected chi connectivity index (χ0v) is 14.9. The zero-order chi connectivity index (χ0) is 20.6. The van der Waals surface area contributed by atoms with Gasteiger partial charge in [0.2, 0.25) is 17.7 Å². The molecule has 0 aliphatic carbocycles. The van der Waals surface area contributed by atoms with E-state index in [1.807, 2.05) is 0 Å². The van der Waals surface area contributed by atoms with Gasteiger partial charge in [0.15, 0.2) is 0 Å². The predicted molar refractivity (Wildman–Crippen MR) is 92.1 cm³/mol. The van der Waals surface area contributed by atoms with E-state index < -0.39 is 54.5 Å². The van der Waals surface area contributed by atoms with Crippen LogP contribution < -0.4 is 21.7 Å². The quantitative estimate of drug-likeness (QED) is 0.219. The highest BCUT2D eigenvalue weighted by Gasteiger charge is 2.30. The van der Waals surface area contributed by atoms with Crippen LogP contribution in [0.4, 0.5) is 0 Å². The Morgan fingerprint density at radius 1 is 1.22 bits per heavy atom. The van der Waals surface area contributed by atoms with Crippen molar-refractivity contribution in [2.45, 2.75) is 44.5 Å². The molecule has 150 valence electrons. The molecule has 1 aromatic rings. The summed E-state index contributed by atoms with van der Waals surface area (Å²) in [6, 6.07) is -3.52. The van der Waals surface area contributed by atoms with E-state index in [9.17, 15) is 29.4 Å². The summed E-state index contributed by atoms with van der Waals surface area (Å²) in [5, 5.41) is 25.8. The second kappa shape index (κ2) is 10.2. The van der Waals surface area contributed by atoms with Crippen molar-refractivity contribution < 1.29 is 29.4 Å². The first kappa shape index (κ1) is 22.1. The maximum atomic E-state index is 12.3. The van der Waals surface area contributed by atoms with Crippen LogP contribution in [0.1, 0.15) is 19.5 Å². The number of carbonyl (C=O) groups is 4. The number of aliphatic carboxylic acids is 1. The van der Waals surface area contributed by atoms with Gasteiger partial charge in [-0.25, -0.2) is 9.78 Å². The smallest absolute Gasteiger partial charge is 0.326 e. The third-order valence-electron chi connectivity index (χ3n) is 3.51. The number of aromatic amines is 1. The number of carboxylic acids is 1. The lowest BCUT2D eigenvalue weighted by Crippen LogP contribution is -2.57. The van der Waals surface area contributed by atoms with Gasteiger partial charge >= 0.3 is 5.97 Å². The van der Waals surface area contributed by atoms with Crippen LogP contribution in [-0.2, 0) is 25.6 Å². The van der Waals surface area contributed by atoms with Crippen LogP contribution >= 0.6 is 0 Å². The van der Waals surface area contributed by atoms with Crippen LogP contribution in [-0.4, -0.2) is 74.6 Å². The summed E-state index contributed by atoms with van der Waals surface area (Å²) in [5.74, 6) is -3.49. The Kier molecular flexibility index (Phi) is 8.35. The van der Waals surface area contributed by atoms with Gasteiger partial charge in [-0.1, -0.05) is 0 Å². The molecule has 4 atom stereocenters. The number of nitrogens with one attached hydrogen (secondary N) is 4. The number of amides is 3. The molecule has 1 rings (SSSR count). The average molecular weight is 384 g/mol. The maximum Gasteiger partial charge on any atom is 0.326 e.